The lowest BCUT2D eigenvalue weighted by Gasteiger charge is -2.31. The van der Waals surface area contributed by atoms with Gasteiger partial charge in [0, 0.05) is 5.41 Å². The van der Waals surface area contributed by atoms with E-state index in [2.05, 4.69) is 26.0 Å². The van der Waals surface area contributed by atoms with Crippen molar-refractivity contribution in [1.29, 1.82) is 0 Å². The molecule has 0 aromatic heterocycles. The summed E-state index contributed by atoms with van der Waals surface area (Å²) in [6, 6.07) is 11.7. The Morgan fingerprint density at radius 3 is 1.62 bits per heavy atom. The van der Waals surface area contributed by atoms with Crippen LogP contribution >= 0.6 is 0 Å². The minimum Gasteiger partial charge on any atom is -0.508 e. The van der Waals surface area contributed by atoms with Crippen molar-refractivity contribution in [3.8, 4) is 11.5 Å². The average molecular weight is 284 g/mol. The van der Waals surface area contributed by atoms with E-state index >= 15 is 0 Å². The van der Waals surface area contributed by atoms with Crippen LogP contribution in [-0.4, -0.2) is 10.2 Å². The van der Waals surface area contributed by atoms with Crippen molar-refractivity contribution in [1.82, 2.24) is 0 Å². The van der Waals surface area contributed by atoms with Crippen molar-refractivity contribution in [2.75, 3.05) is 0 Å². The van der Waals surface area contributed by atoms with Gasteiger partial charge in [-0.15, -0.1) is 0 Å². The summed E-state index contributed by atoms with van der Waals surface area (Å²) in [5.41, 5.74) is 4.07. The highest BCUT2D eigenvalue weighted by molar-refractivity contribution is 5.46. The zero-order valence-electron chi connectivity index (χ0n) is 13.3. The Kier molecular flexibility index (Phi) is 4.26. The minimum absolute atomic E-state index is 0.119. The molecule has 0 saturated heterocycles. The number of hydrogen-bond donors (Lipinski definition) is 2. The lowest BCUT2D eigenvalue weighted by atomic mass is 9.72. The first-order chi connectivity index (χ1) is 9.88. The number of aryl methyl sites for hydroxylation is 2. The van der Waals surface area contributed by atoms with Crippen molar-refractivity contribution in [3.63, 3.8) is 0 Å². The highest BCUT2D eigenvalue weighted by Crippen LogP contribution is 2.39. The van der Waals surface area contributed by atoms with Gasteiger partial charge in [0.15, 0.2) is 0 Å². The van der Waals surface area contributed by atoms with Gasteiger partial charge in [-0.25, -0.2) is 0 Å². The maximum absolute atomic E-state index is 9.76. The van der Waals surface area contributed by atoms with Crippen molar-refractivity contribution < 1.29 is 10.2 Å². The molecule has 0 unspecified atom stereocenters. The molecule has 2 nitrogen and oxygen atoms in total. The molecule has 0 atom stereocenters. The van der Waals surface area contributed by atoms with E-state index < -0.39 is 0 Å². The first-order valence-electron chi connectivity index (χ1n) is 7.48. The Morgan fingerprint density at radius 1 is 0.857 bits per heavy atom. The summed E-state index contributed by atoms with van der Waals surface area (Å²) >= 11 is 0. The summed E-state index contributed by atoms with van der Waals surface area (Å²) in [7, 11) is 0. The average Bonchev–Trinajstić information content (AvgIpc) is 2.45. The van der Waals surface area contributed by atoms with Crippen molar-refractivity contribution in [3.05, 3.63) is 58.7 Å². The Labute approximate surface area is 127 Å². The molecule has 2 N–H and O–H groups in total. The van der Waals surface area contributed by atoms with Gasteiger partial charge in [-0.2, -0.15) is 0 Å². The molecule has 0 saturated carbocycles. The van der Waals surface area contributed by atoms with Crippen molar-refractivity contribution in [2.45, 2.75) is 46.0 Å². The maximum atomic E-state index is 9.76. The molecule has 2 aromatic carbocycles. The van der Waals surface area contributed by atoms with Crippen LogP contribution in [0.4, 0.5) is 0 Å². The standard InChI is InChI=1S/C19H24O2/c1-5-10-19(4,15-6-8-17(20)13(2)11-15)16-7-9-18(21)14(3)12-16/h6-9,11-12,20-21H,5,10H2,1-4H3. The molecular formula is C19H24O2. The second kappa shape index (κ2) is 5.80. The molecule has 0 bridgehead atoms. The summed E-state index contributed by atoms with van der Waals surface area (Å²) in [6.45, 7) is 8.26. The van der Waals surface area contributed by atoms with E-state index in [1.807, 2.05) is 26.0 Å². The first kappa shape index (κ1) is 15.4. The molecule has 0 aliphatic carbocycles. The van der Waals surface area contributed by atoms with Crippen LogP contribution in [0.3, 0.4) is 0 Å². The maximum Gasteiger partial charge on any atom is 0.118 e. The summed E-state index contributed by atoms with van der Waals surface area (Å²) < 4.78 is 0. The first-order valence-corrected chi connectivity index (χ1v) is 7.48. The van der Waals surface area contributed by atoms with Gasteiger partial charge in [0.1, 0.15) is 11.5 Å². The molecule has 2 aromatic rings. The van der Waals surface area contributed by atoms with Crippen LogP contribution in [0.1, 0.15) is 48.9 Å². The molecule has 0 spiro atoms. The van der Waals surface area contributed by atoms with E-state index in [1.54, 1.807) is 12.1 Å². The van der Waals surface area contributed by atoms with Crippen LogP contribution in [0.5, 0.6) is 11.5 Å². The number of phenolic OH excluding ortho intramolecular Hbond substituents is 2. The molecule has 0 aliphatic rings. The van der Waals surface area contributed by atoms with Crippen LogP contribution in [0.2, 0.25) is 0 Å². The van der Waals surface area contributed by atoms with E-state index in [-0.39, 0.29) is 5.41 Å². The number of aromatic hydroxyl groups is 2. The van der Waals surface area contributed by atoms with Gasteiger partial charge in [0.25, 0.3) is 0 Å². The molecule has 0 fully saturated rings. The van der Waals surface area contributed by atoms with Gasteiger partial charge in [-0.05, 0) is 54.7 Å². The number of rotatable bonds is 4. The fourth-order valence-corrected chi connectivity index (χ4v) is 2.95. The van der Waals surface area contributed by atoms with Gasteiger partial charge >= 0.3 is 0 Å². The summed E-state index contributed by atoms with van der Waals surface area (Å²) in [6.07, 6.45) is 2.08. The molecule has 0 heterocycles. The van der Waals surface area contributed by atoms with Gasteiger partial charge in [-0.1, -0.05) is 44.5 Å². The van der Waals surface area contributed by atoms with E-state index in [4.69, 9.17) is 0 Å². The van der Waals surface area contributed by atoms with Crippen LogP contribution in [0.15, 0.2) is 36.4 Å². The Morgan fingerprint density at radius 2 is 1.29 bits per heavy atom. The zero-order valence-corrected chi connectivity index (χ0v) is 13.3. The third-order valence-electron chi connectivity index (χ3n) is 4.42. The van der Waals surface area contributed by atoms with Crippen molar-refractivity contribution in [2.24, 2.45) is 0 Å². The molecule has 112 valence electrons. The van der Waals surface area contributed by atoms with Gasteiger partial charge in [0.05, 0.1) is 0 Å². The Bertz CT molecular complexity index is 593. The minimum atomic E-state index is -0.119. The predicted octanol–water partition coefficient (Wildman–Crippen LogP) is 4.82. The molecule has 0 aliphatic heterocycles. The van der Waals surface area contributed by atoms with Crippen molar-refractivity contribution >= 4 is 0 Å². The highest BCUT2D eigenvalue weighted by Gasteiger charge is 2.28. The summed E-state index contributed by atoms with van der Waals surface area (Å²) in [5.74, 6) is 0.666. The highest BCUT2D eigenvalue weighted by atomic mass is 16.3. The lowest BCUT2D eigenvalue weighted by Crippen LogP contribution is -2.23. The van der Waals surface area contributed by atoms with Crippen LogP contribution in [0.25, 0.3) is 0 Å². The fraction of sp³-hybridized carbons (Fsp3) is 0.368. The fourth-order valence-electron chi connectivity index (χ4n) is 2.95. The van der Waals surface area contributed by atoms with Gasteiger partial charge in [-0.3, -0.25) is 0 Å². The molecular weight excluding hydrogens is 260 g/mol. The van der Waals surface area contributed by atoms with Crippen LogP contribution in [0, 0.1) is 13.8 Å². The van der Waals surface area contributed by atoms with E-state index in [0.29, 0.717) is 11.5 Å². The van der Waals surface area contributed by atoms with Crippen LogP contribution < -0.4 is 0 Å². The number of phenols is 2. The van der Waals surface area contributed by atoms with Gasteiger partial charge in [0.2, 0.25) is 0 Å². The third-order valence-corrected chi connectivity index (χ3v) is 4.42. The molecule has 0 radical (unpaired) electrons. The zero-order chi connectivity index (χ0) is 15.6. The Balaban J connectivity index is 2.57. The SMILES string of the molecule is CCCC(C)(c1ccc(O)c(C)c1)c1ccc(O)c(C)c1. The molecule has 0 amide bonds. The van der Waals surface area contributed by atoms with E-state index in [1.165, 1.54) is 11.1 Å². The van der Waals surface area contributed by atoms with E-state index in [0.717, 1.165) is 24.0 Å². The normalized spacial score (nSPS) is 11.6. The molecule has 2 heteroatoms. The number of benzene rings is 2. The summed E-state index contributed by atoms with van der Waals surface area (Å²) in [4.78, 5) is 0. The van der Waals surface area contributed by atoms with Gasteiger partial charge < -0.3 is 10.2 Å². The molecule has 2 rings (SSSR count). The summed E-state index contributed by atoms with van der Waals surface area (Å²) in [5, 5.41) is 19.5. The lowest BCUT2D eigenvalue weighted by molar-refractivity contribution is 0.465. The monoisotopic (exact) mass is 284 g/mol. The second-order valence-corrected chi connectivity index (χ2v) is 6.08. The second-order valence-electron chi connectivity index (χ2n) is 6.08. The van der Waals surface area contributed by atoms with E-state index in [9.17, 15) is 10.2 Å². The quantitative estimate of drug-likeness (QED) is 0.845. The molecule has 21 heavy (non-hydrogen) atoms. The predicted molar refractivity (Wildman–Crippen MR) is 87.0 cm³/mol. The third kappa shape index (κ3) is 2.90. The smallest absolute Gasteiger partial charge is 0.118 e. The Hall–Kier alpha value is -1.96. The topological polar surface area (TPSA) is 40.5 Å². The van der Waals surface area contributed by atoms with Crippen LogP contribution in [-0.2, 0) is 5.41 Å². The number of hydrogen-bond acceptors (Lipinski definition) is 2. The largest absolute Gasteiger partial charge is 0.508 e.